The molecule has 3 aromatic rings. The molecule has 212 valence electrons. The minimum Gasteiger partial charge on any atom is -0.490 e. The molecule has 2 atom stereocenters. The molecule has 7 nitrogen and oxygen atoms in total. The Labute approximate surface area is 240 Å². The maximum Gasteiger partial charge on any atom is 0.309 e. The predicted molar refractivity (Wildman–Crippen MR) is 156 cm³/mol. The second-order valence-corrected chi connectivity index (χ2v) is 12.0. The third-order valence-corrected chi connectivity index (χ3v) is 9.21. The van der Waals surface area contributed by atoms with Gasteiger partial charge in [0.1, 0.15) is 11.9 Å². The van der Waals surface area contributed by atoms with Gasteiger partial charge in [0.15, 0.2) is 0 Å². The van der Waals surface area contributed by atoms with Crippen LogP contribution in [-0.2, 0) is 4.79 Å². The molecule has 0 saturated heterocycles. The summed E-state index contributed by atoms with van der Waals surface area (Å²) in [5, 5.41) is 15.7. The number of benzene rings is 3. The van der Waals surface area contributed by atoms with E-state index in [0.717, 1.165) is 36.1 Å². The molecule has 2 amide bonds. The number of carbonyl (C=O) groups excluding carboxylic acids is 2. The van der Waals surface area contributed by atoms with E-state index in [1.807, 2.05) is 66.7 Å². The molecule has 4 aliphatic carbocycles. The van der Waals surface area contributed by atoms with E-state index in [-0.39, 0.29) is 29.8 Å². The zero-order chi connectivity index (χ0) is 28.4. The molecule has 4 fully saturated rings. The van der Waals surface area contributed by atoms with Crippen molar-refractivity contribution in [2.45, 2.75) is 44.6 Å². The fourth-order valence-electron chi connectivity index (χ4n) is 7.42. The molecular weight excluding hydrogens is 516 g/mol. The number of nitrogens with one attached hydrogen (secondary N) is 2. The second-order valence-electron chi connectivity index (χ2n) is 12.0. The first-order chi connectivity index (χ1) is 19.9. The van der Waals surface area contributed by atoms with Crippen molar-refractivity contribution in [2.75, 3.05) is 13.1 Å². The average molecular weight is 553 g/mol. The smallest absolute Gasteiger partial charge is 0.309 e. The van der Waals surface area contributed by atoms with Crippen LogP contribution < -0.4 is 15.4 Å². The van der Waals surface area contributed by atoms with Crippen molar-refractivity contribution in [1.29, 1.82) is 0 Å². The number of ether oxygens (including phenoxy) is 1. The average Bonchev–Trinajstić information content (AvgIpc) is 2.99. The Morgan fingerprint density at radius 1 is 0.732 bits per heavy atom. The highest BCUT2D eigenvalue weighted by Crippen LogP contribution is 2.60. The Morgan fingerprint density at radius 2 is 1.27 bits per heavy atom. The Kier molecular flexibility index (Phi) is 7.52. The van der Waals surface area contributed by atoms with Crippen LogP contribution >= 0.6 is 0 Å². The van der Waals surface area contributed by atoms with E-state index in [0.29, 0.717) is 49.4 Å². The van der Waals surface area contributed by atoms with Crippen molar-refractivity contribution in [3.8, 4) is 16.9 Å². The van der Waals surface area contributed by atoms with E-state index < -0.39 is 11.4 Å². The molecule has 3 N–H and O–H groups in total. The van der Waals surface area contributed by atoms with E-state index in [4.69, 9.17) is 4.74 Å². The summed E-state index contributed by atoms with van der Waals surface area (Å²) in [5.74, 6) is 0.865. The summed E-state index contributed by atoms with van der Waals surface area (Å²) in [5.41, 5.74) is 2.78. The van der Waals surface area contributed by atoms with Gasteiger partial charge in [-0.2, -0.15) is 0 Å². The van der Waals surface area contributed by atoms with Gasteiger partial charge in [0, 0.05) is 24.2 Å². The topological polar surface area (TPSA) is 105 Å². The molecule has 4 aliphatic rings. The van der Waals surface area contributed by atoms with E-state index in [1.165, 1.54) is 0 Å². The van der Waals surface area contributed by atoms with Gasteiger partial charge < -0.3 is 20.5 Å². The van der Waals surface area contributed by atoms with Gasteiger partial charge in [-0.1, -0.05) is 42.5 Å². The van der Waals surface area contributed by atoms with Crippen LogP contribution in [0.25, 0.3) is 11.1 Å². The van der Waals surface area contributed by atoms with Crippen molar-refractivity contribution in [2.24, 2.45) is 23.2 Å². The second kappa shape index (κ2) is 11.4. The molecule has 2 unspecified atom stereocenters. The van der Waals surface area contributed by atoms with Crippen LogP contribution in [0.5, 0.6) is 5.75 Å². The number of carboxylic acids is 1. The molecule has 4 saturated carbocycles. The third-order valence-electron chi connectivity index (χ3n) is 9.21. The molecule has 0 aliphatic heterocycles. The summed E-state index contributed by atoms with van der Waals surface area (Å²) < 4.78 is 6.39. The van der Waals surface area contributed by atoms with Crippen LogP contribution in [0.1, 0.15) is 59.2 Å². The van der Waals surface area contributed by atoms with Crippen LogP contribution in [0.2, 0.25) is 0 Å². The fourth-order valence-corrected chi connectivity index (χ4v) is 7.42. The maximum absolute atomic E-state index is 12.6. The maximum atomic E-state index is 12.6. The van der Waals surface area contributed by atoms with Gasteiger partial charge >= 0.3 is 5.97 Å². The number of aliphatic carboxylic acids is 1. The van der Waals surface area contributed by atoms with Gasteiger partial charge in [-0.15, -0.1) is 0 Å². The summed E-state index contributed by atoms with van der Waals surface area (Å²) in [6.07, 6.45) is 5.01. The summed E-state index contributed by atoms with van der Waals surface area (Å²) in [7, 11) is 0. The van der Waals surface area contributed by atoms with Crippen molar-refractivity contribution in [1.82, 2.24) is 10.6 Å². The lowest BCUT2D eigenvalue weighted by molar-refractivity contribution is -0.175. The van der Waals surface area contributed by atoms with Crippen LogP contribution in [0.3, 0.4) is 0 Å². The zero-order valence-electron chi connectivity index (χ0n) is 23.1. The lowest BCUT2D eigenvalue weighted by atomic mass is 9.48. The van der Waals surface area contributed by atoms with Crippen molar-refractivity contribution in [3.05, 3.63) is 90.0 Å². The first-order valence-corrected chi connectivity index (χ1v) is 14.6. The minimum atomic E-state index is -0.637. The lowest BCUT2D eigenvalue weighted by Gasteiger charge is -2.57. The van der Waals surface area contributed by atoms with Gasteiger partial charge in [0.2, 0.25) is 0 Å². The Balaban J connectivity index is 0.929. The number of carbonyl (C=O) groups is 3. The van der Waals surface area contributed by atoms with Gasteiger partial charge in [-0.25, -0.2) is 0 Å². The van der Waals surface area contributed by atoms with Crippen LogP contribution in [0, 0.1) is 23.2 Å². The molecule has 4 bridgehead atoms. The molecular formula is C34H36N2O5. The molecule has 0 radical (unpaired) electrons. The number of hydrogen-bond donors (Lipinski definition) is 3. The van der Waals surface area contributed by atoms with Crippen LogP contribution in [0.15, 0.2) is 78.9 Å². The quantitative estimate of drug-likeness (QED) is 0.286. The molecule has 41 heavy (non-hydrogen) atoms. The minimum absolute atomic E-state index is 0.0516. The first kappa shape index (κ1) is 27.1. The van der Waals surface area contributed by atoms with Crippen molar-refractivity contribution < 1.29 is 24.2 Å². The number of hydrogen-bond acceptors (Lipinski definition) is 4. The highest BCUT2D eigenvalue weighted by molar-refractivity contribution is 5.95. The van der Waals surface area contributed by atoms with E-state index >= 15 is 0 Å². The SMILES string of the molecule is O=C(NCCCNC(=O)c1ccc(-c2ccccc2)cc1)c1ccc(OC2C3CC4CC2CC(C(=O)O)(C4)C3)cc1. The molecule has 7 rings (SSSR count). The molecule has 3 aromatic carbocycles. The van der Waals surface area contributed by atoms with Gasteiger partial charge in [0.05, 0.1) is 5.41 Å². The normalized spacial score (nSPS) is 25.9. The Hall–Kier alpha value is -4.13. The standard InChI is InChI=1S/C34H36N2O5/c37-31(25-9-7-24(8-10-25)23-5-2-1-3-6-23)35-15-4-16-36-32(38)26-11-13-29(14-12-26)41-30-27-17-22-18-28(30)21-34(19-22,20-27)33(39)40/h1-3,5-14,22,27-28,30H,4,15-21H2,(H,35,37)(H,36,38)(H,39,40). The number of rotatable bonds is 10. The van der Waals surface area contributed by atoms with Gasteiger partial charge in [-0.3, -0.25) is 14.4 Å². The first-order valence-electron chi connectivity index (χ1n) is 14.6. The van der Waals surface area contributed by atoms with Crippen molar-refractivity contribution in [3.63, 3.8) is 0 Å². The highest BCUT2D eigenvalue weighted by Gasteiger charge is 2.59. The predicted octanol–water partition coefficient (Wildman–Crippen LogP) is 5.56. The van der Waals surface area contributed by atoms with Crippen LogP contribution in [0.4, 0.5) is 0 Å². The number of carboxylic acid groups (broad SMARTS) is 1. The summed E-state index contributed by atoms with van der Waals surface area (Å²) in [6.45, 7) is 0.905. The van der Waals surface area contributed by atoms with Crippen LogP contribution in [-0.4, -0.2) is 42.1 Å². The number of amides is 2. The Morgan fingerprint density at radius 3 is 1.83 bits per heavy atom. The van der Waals surface area contributed by atoms with E-state index in [9.17, 15) is 19.5 Å². The molecule has 0 heterocycles. The van der Waals surface area contributed by atoms with E-state index in [2.05, 4.69) is 10.6 Å². The fraction of sp³-hybridized carbons (Fsp3) is 0.382. The van der Waals surface area contributed by atoms with Crippen molar-refractivity contribution >= 4 is 17.8 Å². The summed E-state index contributed by atoms with van der Waals surface area (Å²) in [4.78, 5) is 37.1. The summed E-state index contributed by atoms with van der Waals surface area (Å²) >= 11 is 0. The molecule has 0 aromatic heterocycles. The molecule has 7 heteroatoms. The zero-order valence-corrected chi connectivity index (χ0v) is 23.1. The van der Waals surface area contributed by atoms with Gasteiger partial charge in [-0.05, 0) is 104 Å². The lowest BCUT2D eigenvalue weighted by Crippen LogP contribution is -2.57. The summed E-state index contributed by atoms with van der Waals surface area (Å²) in [6, 6.07) is 24.7. The highest BCUT2D eigenvalue weighted by atomic mass is 16.5. The monoisotopic (exact) mass is 552 g/mol. The Bertz CT molecular complexity index is 1390. The third kappa shape index (κ3) is 5.71. The largest absolute Gasteiger partial charge is 0.490 e. The van der Waals surface area contributed by atoms with E-state index in [1.54, 1.807) is 12.1 Å². The molecule has 0 spiro atoms. The van der Waals surface area contributed by atoms with Gasteiger partial charge in [0.25, 0.3) is 11.8 Å².